The van der Waals surface area contributed by atoms with E-state index >= 15 is 0 Å². The highest BCUT2D eigenvalue weighted by Crippen LogP contribution is 2.25. The second-order valence-corrected chi connectivity index (χ2v) is 9.10. The third-order valence-electron chi connectivity index (χ3n) is 5.62. The molecular formula is C21H28N4O3S. The third kappa shape index (κ3) is 5.11. The van der Waals surface area contributed by atoms with E-state index in [1.165, 1.54) is 0 Å². The third-order valence-corrected chi connectivity index (χ3v) is 7.00. The van der Waals surface area contributed by atoms with Crippen LogP contribution in [0.4, 0.5) is 5.69 Å². The van der Waals surface area contributed by atoms with Gasteiger partial charge in [-0.1, -0.05) is 0 Å². The van der Waals surface area contributed by atoms with Crippen molar-refractivity contribution in [3.8, 4) is 0 Å². The number of hydrogen-bond acceptors (Lipinski definition) is 6. The summed E-state index contributed by atoms with van der Waals surface area (Å²) in [6, 6.07) is 5.91. The number of benzene rings is 1. The summed E-state index contributed by atoms with van der Waals surface area (Å²) in [6.07, 6.45) is 4.12. The van der Waals surface area contributed by atoms with E-state index in [1.54, 1.807) is 6.92 Å². The maximum absolute atomic E-state index is 12.5. The lowest BCUT2D eigenvalue weighted by Gasteiger charge is -2.33. The highest BCUT2D eigenvalue weighted by atomic mass is 32.2. The lowest BCUT2D eigenvalue weighted by molar-refractivity contribution is -0.129. The summed E-state index contributed by atoms with van der Waals surface area (Å²) >= 11 is 1.84. The molecule has 3 heterocycles. The first-order valence-electron chi connectivity index (χ1n) is 10.3. The van der Waals surface area contributed by atoms with E-state index in [1.807, 2.05) is 34.9 Å². The number of H-pyrrole nitrogens is 1. The largest absolute Gasteiger partial charge is 0.381 e. The van der Waals surface area contributed by atoms with E-state index in [0.29, 0.717) is 28.5 Å². The zero-order valence-electron chi connectivity index (χ0n) is 16.8. The number of anilines is 1. The molecule has 2 saturated heterocycles. The minimum absolute atomic E-state index is 0.0930. The Morgan fingerprint density at radius 1 is 1.34 bits per heavy atom. The number of fused-ring (bicyclic) bond motifs is 1. The molecule has 0 aliphatic carbocycles. The summed E-state index contributed by atoms with van der Waals surface area (Å²) in [5, 5.41) is 4.68. The van der Waals surface area contributed by atoms with Crippen LogP contribution in [-0.2, 0) is 15.3 Å². The van der Waals surface area contributed by atoms with Gasteiger partial charge < -0.3 is 19.9 Å². The standard InChI is InChI=1S/C21H28N4O3S/c1-14(26)25-8-2-3-16(12-25)22-15-4-5-18-19(11-15)23-20(24-21(18)27)13-29-17-6-9-28-10-7-17/h4-5,11,16-17,22H,2-3,6-10,12-13H2,1H3,(H,23,24,27). The highest BCUT2D eigenvalue weighted by molar-refractivity contribution is 7.99. The minimum Gasteiger partial charge on any atom is -0.381 e. The average Bonchev–Trinajstić information content (AvgIpc) is 2.73. The molecule has 1 atom stereocenters. The maximum atomic E-state index is 12.5. The van der Waals surface area contributed by atoms with Crippen molar-refractivity contribution < 1.29 is 9.53 Å². The fraction of sp³-hybridized carbons (Fsp3) is 0.571. The lowest BCUT2D eigenvalue weighted by atomic mass is 10.1. The number of carbonyl (C=O) groups is 1. The van der Waals surface area contributed by atoms with Crippen molar-refractivity contribution in [3.05, 3.63) is 34.4 Å². The zero-order chi connectivity index (χ0) is 20.2. The van der Waals surface area contributed by atoms with Crippen molar-refractivity contribution in [3.63, 3.8) is 0 Å². The molecule has 2 aliphatic rings. The van der Waals surface area contributed by atoms with Gasteiger partial charge in [-0.05, 0) is 43.9 Å². The molecule has 2 aromatic rings. The Kier molecular flexibility index (Phi) is 6.40. The Bertz CT molecular complexity index is 926. The summed E-state index contributed by atoms with van der Waals surface area (Å²) in [5.41, 5.74) is 1.55. The van der Waals surface area contributed by atoms with E-state index in [9.17, 15) is 9.59 Å². The Labute approximate surface area is 174 Å². The molecule has 0 radical (unpaired) electrons. The van der Waals surface area contributed by atoms with E-state index in [2.05, 4.69) is 10.3 Å². The summed E-state index contributed by atoms with van der Waals surface area (Å²) in [6.45, 7) is 4.79. The van der Waals surface area contributed by atoms with Gasteiger partial charge in [-0.15, -0.1) is 0 Å². The molecule has 1 aromatic heterocycles. The number of carbonyl (C=O) groups excluding carboxylic acids is 1. The lowest BCUT2D eigenvalue weighted by Crippen LogP contribution is -2.44. The molecule has 0 spiro atoms. The molecular weight excluding hydrogens is 388 g/mol. The van der Waals surface area contributed by atoms with Crippen molar-refractivity contribution >= 4 is 34.3 Å². The van der Waals surface area contributed by atoms with Crippen molar-refractivity contribution in [1.82, 2.24) is 14.9 Å². The minimum atomic E-state index is -0.0930. The quantitative estimate of drug-likeness (QED) is 0.779. The number of ether oxygens (including phenoxy) is 1. The summed E-state index contributed by atoms with van der Waals surface area (Å²) in [7, 11) is 0. The Hall–Kier alpha value is -2.06. The number of likely N-dealkylation sites (tertiary alicyclic amines) is 1. The van der Waals surface area contributed by atoms with Gasteiger partial charge in [0.2, 0.25) is 5.91 Å². The number of nitrogens with one attached hydrogen (secondary N) is 2. The number of hydrogen-bond donors (Lipinski definition) is 2. The second kappa shape index (κ2) is 9.17. The molecule has 1 amide bonds. The van der Waals surface area contributed by atoms with Gasteiger partial charge in [0, 0.05) is 50.2 Å². The van der Waals surface area contributed by atoms with Crippen LogP contribution in [0.2, 0.25) is 0 Å². The van der Waals surface area contributed by atoms with E-state index in [4.69, 9.17) is 9.72 Å². The Balaban J connectivity index is 1.47. The van der Waals surface area contributed by atoms with Crippen LogP contribution in [0.1, 0.15) is 38.4 Å². The molecule has 1 aromatic carbocycles. The molecule has 4 rings (SSSR count). The van der Waals surface area contributed by atoms with Crippen LogP contribution in [0.5, 0.6) is 0 Å². The van der Waals surface area contributed by atoms with E-state index in [0.717, 1.165) is 57.0 Å². The molecule has 2 aliphatic heterocycles. The fourth-order valence-electron chi connectivity index (χ4n) is 4.00. The SMILES string of the molecule is CC(=O)N1CCCC(Nc2ccc3c(=O)[nH]c(CSC4CCOCC4)nc3c2)C1. The van der Waals surface area contributed by atoms with Crippen LogP contribution in [0.25, 0.3) is 10.9 Å². The number of aromatic nitrogens is 2. The molecule has 8 heteroatoms. The summed E-state index contributed by atoms with van der Waals surface area (Å²) in [4.78, 5) is 33.7. The predicted octanol–water partition coefficient (Wildman–Crippen LogP) is 2.76. The predicted molar refractivity (Wildman–Crippen MR) is 116 cm³/mol. The van der Waals surface area contributed by atoms with Gasteiger partial charge in [0.15, 0.2) is 0 Å². The Morgan fingerprint density at radius 2 is 2.17 bits per heavy atom. The number of nitrogens with zero attached hydrogens (tertiary/aromatic N) is 2. The number of aromatic amines is 1. The topological polar surface area (TPSA) is 87.3 Å². The van der Waals surface area contributed by atoms with Gasteiger partial charge >= 0.3 is 0 Å². The van der Waals surface area contributed by atoms with Crippen LogP contribution in [0.15, 0.2) is 23.0 Å². The van der Waals surface area contributed by atoms with Crippen LogP contribution < -0.4 is 10.9 Å². The van der Waals surface area contributed by atoms with Gasteiger partial charge in [-0.3, -0.25) is 9.59 Å². The normalized spacial score (nSPS) is 20.7. The van der Waals surface area contributed by atoms with Crippen molar-refractivity contribution in [2.24, 2.45) is 0 Å². The van der Waals surface area contributed by atoms with Crippen molar-refractivity contribution in [1.29, 1.82) is 0 Å². The van der Waals surface area contributed by atoms with Gasteiger partial charge in [-0.2, -0.15) is 11.8 Å². The van der Waals surface area contributed by atoms with Crippen LogP contribution >= 0.6 is 11.8 Å². The Morgan fingerprint density at radius 3 is 2.97 bits per heavy atom. The smallest absolute Gasteiger partial charge is 0.258 e. The van der Waals surface area contributed by atoms with Crippen molar-refractivity contribution in [2.45, 2.75) is 49.7 Å². The number of piperidine rings is 1. The van der Waals surface area contributed by atoms with E-state index in [-0.39, 0.29) is 17.5 Å². The first kappa shape index (κ1) is 20.2. The first-order chi connectivity index (χ1) is 14.1. The first-order valence-corrected chi connectivity index (χ1v) is 11.4. The molecule has 0 saturated carbocycles. The van der Waals surface area contributed by atoms with Crippen LogP contribution in [0, 0.1) is 0 Å². The zero-order valence-corrected chi connectivity index (χ0v) is 17.6. The molecule has 1 unspecified atom stereocenters. The van der Waals surface area contributed by atoms with Crippen molar-refractivity contribution in [2.75, 3.05) is 31.6 Å². The molecule has 2 N–H and O–H groups in total. The van der Waals surface area contributed by atoms with Gasteiger partial charge in [0.05, 0.1) is 16.7 Å². The molecule has 7 nitrogen and oxygen atoms in total. The van der Waals surface area contributed by atoms with Crippen LogP contribution in [0.3, 0.4) is 0 Å². The molecule has 29 heavy (non-hydrogen) atoms. The molecule has 156 valence electrons. The average molecular weight is 417 g/mol. The summed E-state index contributed by atoms with van der Waals surface area (Å²) in [5.74, 6) is 1.54. The monoisotopic (exact) mass is 416 g/mol. The fourth-order valence-corrected chi connectivity index (χ4v) is 5.06. The van der Waals surface area contributed by atoms with Gasteiger partial charge in [-0.25, -0.2) is 4.98 Å². The number of thioether (sulfide) groups is 1. The van der Waals surface area contributed by atoms with Gasteiger partial charge in [0.1, 0.15) is 5.82 Å². The number of amides is 1. The molecule has 0 bridgehead atoms. The molecule has 2 fully saturated rings. The second-order valence-electron chi connectivity index (χ2n) is 7.82. The van der Waals surface area contributed by atoms with Gasteiger partial charge in [0.25, 0.3) is 5.56 Å². The highest BCUT2D eigenvalue weighted by Gasteiger charge is 2.21. The number of rotatable bonds is 5. The van der Waals surface area contributed by atoms with Crippen LogP contribution in [-0.4, -0.2) is 58.4 Å². The summed E-state index contributed by atoms with van der Waals surface area (Å²) < 4.78 is 5.41. The van der Waals surface area contributed by atoms with E-state index < -0.39 is 0 Å². The maximum Gasteiger partial charge on any atom is 0.258 e.